The SMILES string of the molecule is O=C(O)CCC(NC(=O)c1n[nH]c2ccccc12)c1ccc(F)cc1. The number of hydrogen-bond donors (Lipinski definition) is 3. The number of carboxylic acids is 1. The number of carbonyl (C=O) groups excluding carboxylic acids is 1. The van der Waals surface area contributed by atoms with Gasteiger partial charge < -0.3 is 10.4 Å². The van der Waals surface area contributed by atoms with Crippen molar-refractivity contribution >= 4 is 22.8 Å². The number of fused-ring (bicyclic) bond motifs is 1. The summed E-state index contributed by atoms with van der Waals surface area (Å²) in [5.41, 5.74) is 1.60. The minimum absolute atomic E-state index is 0.121. The summed E-state index contributed by atoms with van der Waals surface area (Å²) in [5, 5.41) is 19.2. The topological polar surface area (TPSA) is 95.1 Å². The molecule has 0 radical (unpaired) electrons. The van der Waals surface area contributed by atoms with E-state index in [4.69, 9.17) is 5.11 Å². The van der Waals surface area contributed by atoms with Crippen molar-refractivity contribution in [1.82, 2.24) is 15.5 Å². The van der Waals surface area contributed by atoms with Crippen LogP contribution in [0, 0.1) is 5.82 Å². The summed E-state index contributed by atoms with van der Waals surface area (Å²) in [4.78, 5) is 23.5. The molecule has 25 heavy (non-hydrogen) atoms. The molecule has 0 saturated carbocycles. The van der Waals surface area contributed by atoms with Crippen LogP contribution in [0.2, 0.25) is 0 Å². The van der Waals surface area contributed by atoms with Gasteiger partial charge in [-0.25, -0.2) is 4.39 Å². The Labute approximate surface area is 142 Å². The molecule has 3 rings (SSSR count). The largest absolute Gasteiger partial charge is 0.481 e. The van der Waals surface area contributed by atoms with Gasteiger partial charge in [-0.1, -0.05) is 30.3 Å². The molecule has 2 aromatic carbocycles. The molecule has 7 heteroatoms. The number of benzene rings is 2. The lowest BCUT2D eigenvalue weighted by Crippen LogP contribution is -2.29. The second-order valence-corrected chi connectivity index (χ2v) is 5.63. The molecule has 0 saturated heterocycles. The Morgan fingerprint density at radius 2 is 1.88 bits per heavy atom. The first-order chi connectivity index (χ1) is 12.0. The second kappa shape index (κ2) is 7.12. The van der Waals surface area contributed by atoms with E-state index in [2.05, 4.69) is 15.5 Å². The Morgan fingerprint density at radius 3 is 2.60 bits per heavy atom. The third-order valence-electron chi connectivity index (χ3n) is 3.91. The molecular formula is C18H16FN3O3. The van der Waals surface area contributed by atoms with Crippen LogP contribution < -0.4 is 5.32 Å². The summed E-state index contributed by atoms with van der Waals surface area (Å²) < 4.78 is 13.1. The predicted octanol–water partition coefficient (Wildman–Crippen LogP) is 3.04. The van der Waals surface area contributed by atoms with E-state index >= 15 is 0 Å². The molecule has 0 spiro atoms. The van der Waals surface area contributed by atoms with Gasteiger partial charge >= 0.3 is 5.97 Å². The maximum atomic E-state index is 13.1. The first-order valence-corrected chi connectivity index (χ1v) is 7.76. The molecule has 0 aliphatic heterocycles. The Hall–Kier alpha value is -3.22. The number of H-pyrrole nitrogens is 1. The predicted molar refractivity (Wildman–Crippen MR) is 89.6 cm³/mol. The summed E-state index contributed by atoms with van der Waals surface area (Å²) in [5.74, 6) is -1.78. The zero-order valence-corrected chi connectivity index (χ0v) is 13.2. The zero-order chi connectivity index (χ0) is 17.8. The summed E-state index contributed by atoms with van der Waals surface area (Å²) >= 11 is 0. The maximum absolute atomic E-state index is 13.1. The fraction of sp³-hybridized carbons (Fsp3) is 0.167. The fourth-order valence-electron chi connectivity index (χ4n) is 2.65. The quantitative estimate of drug-likeness (QED) is 0.642. The number of nitrogens with one attached hydrogen (secondary N) is 2. The van der Waals surface area contributed by atoms with Crippen LogP contribution in [0.3, 0.4) is 0 Å². The molecule has 0 aliphatic carbocycles. The van der Waals surface area contributed by atoms with Crippen molar-refractivity contribution in [2.45, 2.75) is 18.9 Å². The van der Waals surface area contributed by atoms with E-state index in [1.165, 1.54) is 24.3 Å². The fourth-order valence-corrected chi connectivity index (χ4v) is 2.65. The molecule has 0 aliphatic rings. The molecule has 0 bridgehead atoms. The van der Waals surface area contributed by atoms with Crippen LogP contribution in [0.15, 0.2) is 48.5 Å². The zero-order valence-electron chi connectivity index (χ0n) is 13.2. The average Bonchev–Trinajstić information content (AvgIpc) is 3.03. The summed E-state index contributed by atoms with van der Waals surface area (Å²) in [6, 6.07) is 12.3. The van der Waals surface area contributed by atoms with Crippen LogP contribution >= 0.6 is 0 Å². The molecular weight excluding hydrogens is 325 g/mol. The number of hydrogen-bond acceptors (Lipinski definition) is 3. The monoisotopic (exact) mass is 341 g/mol. The highest BCUT2D eigenvalue weighted by atomic mass is 19.1. The van der Waals surface area contributed by atoms with Crippen LogP contribution in [0.4, 0.5) is 4.39 Å². The lowest BCUT2D eigenvalue weighted by atomic mass is 10.0. The molecule has 1 unspecified atom stereocenters. The first kappa shape index (κ1) is 16.6. The lowest BCUT2D eigenvalue weighted by Gasteiger charge is -2.18. The number of aromatic amines is 1. The van der Waals surface area contributed by atoms with Crippen LogP contribution in [-0.4, -0.2) is 27.2 Å². The van der Waals surface area contributed by atoms with Gasteiger partial charge in [0.15, 0.2) is 5.69 Å². The van der Waals surface area contributed by atoms with Gasteiger partial charge in [0.2, 0.25) is 0 Å². The van der Waals surface area contributed by atoms with Crippen LogP contribution in [-0.2, 0) is 4.79 Å². The third kappa shape index (κ3) is 3.82. The van der Waals surface area contributed by atoms with E-state index in [9.17, 15) is 14.0 Å². The van der Waals surface area contributed by atoms with E-state index in [1.807, 2.05) is 6.07 Å². The van der Waals surface area contributed by atoms with Gasteiger partial charge in [0.05, 0.1) is 11.6 Å². The number of para-hydroxylation sites is 1. The molecule has 128 valence electrons. The Morgan fingerprint density at radius 1 is 1.16 bits per heavy atom. The highest BCUT2D eigenvalue weighted by Gasteiger charge is 2.20. The highest BCUT2D eigenvalue weighted by molar-refractivity contribution is 6.04. The normalized spacial score (nSPS) is 12.0. The number of carboxylic acid groups (broad SMARTS) is 1. The van der Waals surface area contributed by atoms with E-state index in [0.717, 1.165) is 5.52 Å². The molecule has 3 N–H and O–H groups in total. The van der Waals surface area contributed by atoms with Gasteiger partial charge in [-0.3, -0.25) is 14.7 Å². The summed E-state index contributed by atoms with van der Waals surface area (Å²) in [6.07, 6.45) is 0.0682. The van der Waals surface area contributed by atoms with Crippen LogP contribution in [0.25, 0.3) is 10.9 Å². The van der Waals surface area contributed by atoms with Gasteiger partial charge in [-0.05, 0) is 30.2 Å². The number of carbonyl (C=O) groups is 2. The van der Waals surface area contributed by atoms with Crippen LogP contribution in [0.1, 0.15) is 34.9 Å². The van der Waals surface area contributed by atoms with Crippen LogP contribution in [0.5, 0.6) is 0 Å². The minimum Gasteiger partial charge on any atom is -0.481 e. The standard InChI is InChI=1S/C18H16FN3O3/c19-12-7-5-11(6-8-12)14(9-10-16(23)24)20-18(25)17-13-3-1-2-4-15(13)21-22-17/h1-8,14H,9-10H2,(H,20,25)(H,21,22)(H,23,24). The van der Waals surface area contributed by atoms with E-state index in [-0.39, 0.29) is 18.5 Å². The van der Waals surface area contributed by atoms with E-state index in [0.29, 0.717) is 10.9 Å². The molecule has 1 amide bonds. The number of aromatic nitrogens is 2. The number of halogens is 1. The number of amides is 1. The molecule has 6 nitrogen and oxygen atoms in total. The van der Waals surface area contributed by atoms with E-state index in [1.54, 1.807) is 18.2 Å². The number of aliphatic carboxylic acids is 1. The third-order valence-corrected chi connectivity index (χ3v) is 3.91. The van der Waals surface area contributed by atoms with Crippen molar-refractivity contribution in [3.05, 3.63) is 65.6 Å². The molecule has 1 aromatic heterocycles. The van der Waals surface area contributed by atoms with E-state index < -0.39 is 23.7 Å². The average molecular weight is 341 g/mol. The molecule has 3 aromatic rings. The Bertz CT molecular complexity index is 905. The van der Waals surface area contributed by atoms with Crippen molar-refractivity contribution in [3.8, 4) is 0 Å². The van der Waals surface area contributed by atoms with Gasteiger partial charge in [0.1, 0.15) is 5.82 Å². The lowest BCUT2D eigenvalue weighted by molar-refractivity contribution is -0.137. The summed E-state index contributed by atoms with van der Waals surface area (Å²) in [7, 11) is 0. The second-order valence-electron chi connectivity index (χ2n) is 5.63. The first-order valence-electron chi connectivity index (χ1n) is 7.76. The van der Waals surface area contributed by atoms with Gasteiger partial charge in [-0.15, -0.1) is 0 Å². The number of nitrogens with zero attached hydrogens (tertiary/aromatic N) is 1. The van der Waals surface area contributed by atoms with Gasteiger partial charge in [0.25, 0.3) is 5.91 Å². The molecule has 1 atom stereocenters. The Kier molecular flexibility index (Phi) is 4.74. The van der Waals surface area contributed by atoms with Crippen molar-refractivity contribution in [3.63, 3.8) is 0 Å². The van der Waals surface area contributed by atoms with Gasteiger partial charge in [0, 0.05) is 11.8 Å². The van der Waals surface area contributed by atoms with Crippen molar-refractivity contribution in [2.75, 3.05) is 0 Å². The Balaban J connectivity index is 1.84. The minimum atomic E-state index is -0.966. The molecule has 1 heterocycles. The van der Waals surface area contributed by atoms with Gasteiger partial charge in [-0.2, -0.15) is 5.10 Å². The summed E-state index contributed by atoms with van der Waals surface area (Å²) in [6.45, 7) is 0. The van der Waals surface area contributed by atoms with Crippen molar-refractivity contribution in [2.24, 2.45) is 0 Å². The smallest absolute Gasteiger partial charge is 0.303 e. The van der Waals surface area contributed by atoms with Crippen molar-refractivity contribution in [1.29, 1.82) is 0 Å². The number of rotatable bonds is 6. The maximum Gasteiger partial charge on any atom is 0.303 e. The highest BCUT2D eigenvalue weighted by Crippen LogP contribution is 2.21. The van der Waals surface area contributed by atoms with Crippen molar-refractivity contribution < 1.29 is 19.1 Å². The molecule has 0 fully saturated rings.